The van der Waals surface area contributed by atoms with Crippen LogP contribution in [0.4, 0.5) is 5.69 Å². The fourth-order valence-corrected chi connectivity index (χ4v) is 2.92. The number of aryl methyl sites for hydroxylation is 1. The second-order valence-electron chi connectivity index (χ2n) is 5.03. The Morgan fingerprint density at radius 2 is 2.29 bits per heavy atom. The molecule has 2 aromatic heterocycles. The number of nitrogens with zero attached hydrogens (tertiary/aromatic N) is 2. The summed E-state index contributed by atoms with van der Waals surface area (Å²) in [5.41, 5.74) is 8.90. The van der Waals surface area contributed by atoms with E-state index in [4.69, 9.17) is 5.73 Å². The fourth-order valence-electron chi connectivity index (χ4n) is 2.32. The van der Waals surface area contributed by atoms with Gasteiger partial charge in [-0.2, -0.15) is 0 Å². The first-order valence-corrected chi connectivity index (χ1v) is 7.45. The second-order valence-corrected chi connectivity index (χ2v) is 6.09. The zero-order valence-corrected chi connectivity index (χ0v) is 12.7. The quantitative estimate of drug-likeness (QED) is 0.730. The van der Waals surface area contributed by atoms with E-state index in [0.717, 1.165) is 21.6 Å². The van der Waals surface area contributed by atoms with Crippen LogP contribution in [-0.2, 0) is 6.54 Å². The molecule has 0 unspecified atom stereocenters. The molecule has 3 N–H and O–H groups in total. The number of aromatic nitrogens is 2. The molecule has 0 radical (unpaired) electrons. The number of thiazole rings is 1. The lowest BCUT2D eigenvalue weighted by Gasteiger charge is -2.15. The van der Waals surface area contributed by atoms with Crippen LogP contribution in [0.3, 0.4) is 0 Å². The first-order valence-electron chi connectivity index (χ1n) is 6.57. The second kappa shape index (κ2) is 5.21. The van der Waals surface area contributed by atoms with Gasteiger partial charge in [0.1, 0.15) is 0 Å². The summed E-state index contributed by atoms with van der Waals surface area (Å²) in [4.78, 5) is 21.7. The molecule has 0 saturated carbocycles. The van der Waals surface area contributed by atoms with Crippen molar-refractivity contribution in [3.05, 3.63) is 46.0 Å². The molecule has 3 aromatic rings. The predicted octanol–water partition coefficient (Wildman–Crippen LogP) is 2.79. The molecule has 0 bridgehead atoms. The minimum absolute atomic E-state index is 0.0440. The van der Waals surface area contributed by atoms with Crippen molar-refractivity contribution >= 4 is 33.8 Å². The van der Waals surface area contributed by atoms with Crippen LogP contribution in [0.25, 0.3) is 10.9 Å². The van der Waals surface area contributed by atoms with E-state index in [1.165, 1.54) is 0 Å². The summed E-state index contributed by atoms with van der Waals surface area (Å²) in [7, 11) is 1.78. The van der Waals surface area contributed by atoms with Crippen LogP contribution >= 0.6 is 11.3 Å². The largest absolute Gasteiger partial charge is 0.399 e. The zero-order valence-electron chi connectivity index (χ0n) is 11.9. The Bertz CT molecular complexity index is 805. The Kier molecular flexibility index (Phi) is 3.39. The number of nitrogens with two attached hydrogens (primary N) is 1. The highest BCUT2D eigenvalue weighted by molar-refractivity contribution is 7.09. The third-order valence-corrected chi connectivity index (χ3v) is 4.17. The van der Waals surface area contributed by atoms with Gasteiger partial charge in [-0.05, 0) is 25.1 Å². The van der Waals surface area contributed by atoms with E-state index in [1.807, 2.05) is 30.5 Å². The number of aromatic amines is 1. The molecule has 5 nitrogen and oxygen atoms in total. The lowest BCUT2D eigenvalue weighted by Crippen LogP contribution is -2.26. The first kappa shape index (κ1) is 13.6. The van der Waals surface area contributed by atoms with E-state index in [2.05, 4.69) is 9.97 Å². The maximum atomic E-state index is 12.6. The predicted molar refractivity (Wildman–Crippen MR) is 85.4 cm³/mol. The Balaban J connectivity index is 1.87. The van der Waals surface area contributed by atoms with Gasteiger partial charge in [0.15, 0.2) is 0 Å². The van der Waals surface area contributed by atoms with Crippen LogP contribution in [-0.4, -0.2) is 27.8 Å². The average molecular weight is 300 g/mol. The van der Waals surface area contributed by atoms with E-state index in [1.54, 1.807) is 29.5 Å². The van der Waals surface area contributed by atoms with Crippen molar-refractivity contribution < 1.29 is 4.79 Å². The van der Waals surface area contributed by atoms with E-state index >= 15 is 0 Å². The van der Waals surface area contributed by atoms with Crippen molar-refractivity contribution in [3.63, 3.8) is 0 Å². The molecule has 0 aliphatic rings. The van der Waals surface area contributed by atoms with Crippen molar-refractivity contribution in [2.75, 3.05) is 12.8 Å². The summed E-state index contributed by atoms with van der Waals surface area (Å²) in [6.07, 6.45) is 1.73. The van der Waals surface area contributed by atoms with E-state index in [9.17, 15) is 4.79 Å². The monoisotopic (exact) mass is 300 g/mol. The molecule has 0 aliphatic carbocycles. The van der Waals surface area contributed by atoms with Gasteiger partial charge in [-0.15, -0.1) is 11.3 Å². The van der Waals surface area contributed by atoms with E-state index < -0.39 is 0 Å². The highest BCUT2D eigenvalue weighted by Crippen LogP contribution is 2.22. The molecule has 0 fully saturated rings. The van der Waals surface area contributed by atoms with Crippen LogP contribution in [0.15, 0.2) is 29.8 Å². The summed E-state index contributed by atoms with van der Waals surface area (Å²) in [6, 6.07) is 5.51. The molecule has 2 heterocycles. The summed E-state index contributed by atoms with van der Waals surface area (Å²) in [6.45, 7) is 2.45. The van der Waals surface area contributed by atoms with Crippen LogP contribution in [0.2, 0.25) is 0 Å². The number of nitrogens with one attached hydrogen (secondary N) is 1. The molecular weight excluding hydrogens is 284 g/mol. The number of rotatable bonds is 3. The Morgan fingerprint density at radius 3 is 3.00 bits per heavy atom. The van der Waals surface area contributed by atoms with Crippen LogP contribution in [0.5, 0.6) is 0 Å². The standard InChI is InChI=1S/C15H16N4OS/c1-9-18-11(8-21-9)7-19(2)15(20)13-6-17-14-4-3-10(16)5-12(13)14/h3-6,8,17H,7,16H2,1-2H3. The normalized spacial score (nSPS) is 11.0. The molecule has 108 valence electrons. The van der Waals surface area contributed by atoms with Gasteiger partial charge in [-0.25, -0.2) is 4.98 Å². The SMILES string of the molecule is Cc1nc(CN(C)C(=O)c2c[nH]c3ccc(N)cc23)cs1. The van der Waals surface area contributed by atoms with Crippen molar-refractivity contribution in [2.45, 2.75) is 13.5 Å². The van der Waals surface area contributed by atoms with Crippen molar-refractivity contribution in [3.8, 4) is 0 Å². The number of carbonyl (C=O) groups is 1. The molecule has 0 saturated heterocycles. The molecule has 21 heavy (non-hydrogen) atoms. The van der Waals surface area contributed by atoms with Crippen LogP contribution in [0.1, 0.15) is 21.1 Å². The van der Waals surface area contributed by atoms with Gasteiger partial charge in [-0.3, -0.25) is 4.79 Å². The fraction of sp³-hybridized carbons (Fsp3) is 0.200. The summed E-state index contributed by atoms with van der Waals surface area (Å²) in [5, 5.41) is 3.83. The minimum atomic E-state index is -0.0440. The van der Waals surface area contributed by atoms with Gasteiger partial charge >= 0.3 is 0 Å². The van der Waals surface area contributed by atoms with Crippen LogP contribution < -0.4 is 5.73 Å². The minimum Gasteiger partial charge on any atom is -0.399 e. The molecule has 1 amide bonds. The summed E-state index contributed by atoms with van der Waals surface area (Å²) < 4.78 is 0. The number of amides is 1. The molecule has 6 heteroatoms. The number of benzene rings is 1. The zero-order chi connectivity index (χ0) is 15.0. The van der Waals surface area contributed by atoms with Crippen molar-refractivity contribution in [1.82, 2.24) is 14.9 Å². The highest BCUT2D eigenvalue weighted by atomic mass is 32.1. The average Bonchev–Trinajstić information content (AvgIpc) is 3.04. The van der Waals surface area contributed by atoms with Gasteiger partial charge in [0.25, 0.3) is 5.91 Å². The third-order valence-electron chi connectivity index (χ3n) is 3.35. The first-order chi connectivity index (χ1) is 10.0. The molecule has 0 atom stereocenters. The van der Waals surface area contributed by atoms with E-state index in [0.29, 0.717) is 17.8 Å². The van der Waals surface area contributed by atoms with Gasteiger partial charge in [0.2, 0.25) is 0 Å². The smallest absolute Gasteiger partial charge is 0.256 e. The molecule has 0 aliphatic heterocycles. The van der Waals surface area contributed by atoms with Gasteiger partial charge in [0.05, 0.1) is 22.8 Å². The third kappa shape index (κ3) is 2.62. The van der Waals surface area contributed by atoms with E-state index in [-0.39, 0.29) is 5.91 Å². The van der Waals surface area contributed by atoms with Crippen molar-refractivity contribution in [2.24, 2.45) is 0 Å². The Morgan fingerprint density at radius 1 is 1.48 bits per heavy atom. The Hall–Kier alpha value is -2.34. The maximum Gasteiger partial charge on any atom is 0.256 e. The van der Waals surface area contributed by atoms with Crippen LogP contribution in [0, 0.1) is 6.92 Å². The number of hydrogen-bond donors (Lipinski definition) is 2. The number of nitrogen functional groups attached to an aromatic ring is 1. The van der Waals surface area contributed by atoms with Gasteiger partial charge in [0, 0.05) is 35.2 Å². The summed E-state index contributed by atoms with van der Waals surface area (Å²) in [5.74, 6) is -0.0440. The van der Waals surface area contributed by atoms with Gasteiger partial charge < -0.3 is 15.6 Å². The topological polar surface area (TPSA) is 75.0 Å². The number of hydrogen-bond acceptors (Lipinski definition) is 4. The molecule has 1 aromatic carbocycles. The number of H-pyrrole nitrogens is 1. The summed E-state index contributed by atoms with van der Waals surface area (Å²) >= 11 is 1.59. The maximum absolute atomic E-state index is 12.6. The lowest BCUT2D eigenvalue weighted by atomic mass is 10.1. The van der Waals surface area contributed by atoms with Gasteiger partial charge in [-0.1, -0.05) is 0 Å². The number of carbonyl (C=O) groups excluding carboxylic acids is 1. The van der Waals surface area contributed by atoms with Crippen molar-refractivity contribution in [1.29, 1.82) is 0 Å². The Labute approximate surface area is 126 Å². The lowest BCUT2D eigenvalue weighted by molar-refractivity contribution is 0.0785. The highest BCUT2D eigenvalue weighted by Gasteiger charge is 2.17. The molecular formula is C15H16N4OS. The molecule has 3 rings (SSSR count). The number of fused-ring (bicyclic) bond motifs is 1. The molecule has 0 spiro atoms. The number of anilines is 1.